The Bertz CT molecular complexity index is 831. The highest BCUT2D eigenvalue weighted by Gasteiger charge is 2.32. The molecule has 0 bridgehead atoms. The Morgan fingerprint density at radius 3 is 2.68 bits per heavy atom. The number of hydrogen-bond acceptors (Lipinski definition) is 6. The topological polar surface area (TPSA) is 59.1 Å². The van der Waals surface area contributed by atoms with E-state index in [0.717, 1.165) is 31.5 Å². The van der Waals surface area contributed by atoms with Gasteiger partial charge in [-0.25, -0.2) is 0 Å². The van der Waals surface area contributed by atoms with E-state index in [0.29, 0.717) is 33.7 Å². The molecule has 4 rings (SSSR count). The summed E-state index contributed by atoms with van der Waals surface area (Å²) in [4.78, 5) is 29.3. The van der Waals surface area contributed by atoms with Gasteiger partial charge in [0.1, 0.15) is 4.32 Å². The first-order valence-electron chi connectivity index (χ1n) is 9.54. The Labute approximate surface area is 173 Å². The Balaban J connectivity index is 1.39. The first-order chi connectivity index (χ1) is 13.6. The van der Waals surface area contributed by atoms with Crippen molar-refractivity contribution in [2.45, 2.75) is 32.1 Å². The minimum absolute atomic E-state index is 0.107. The minimum Gasteiger partial charge on any atom is -0.454 e. The SMILES string of the molecule is O=C(CCN1C(=O)C(=Cc2ccc3c(c2)OCO3)SC1=S)N1CCCCCC1. The summed E-state index contributed by atoms with van der Waals surface area (Å²) in [6.07, 6.45) is 6.60. The normalized spacial score (nSPS) is 20.8. The molecule has 0 radical (unpaired) electrons. The molecule has 1 aromatic carbocycles. The van der Waals surface area contributed by atoms with E-state index >= 15 is 0 Å². The molecule has 3 aliphatic heterocycles. The number of amides is 2. The monoisotopic (exact) mass is 418 g/mol. The lowest BCUT2D eigenvalue weighted by atomic mass is 10.2. The van der Waals surface area contributed by atoms with Gasteiger partial charge in [0, 0.05) is 26.1 Å². The summed E-state index contributed by atoms with van der Waals surface area (Å²) in [5, 5.41) is 0. The smallest absolute Gasteiger partial charge is 0.266 e. The van der Waals surface area contributed by atoms with Crippen molar-refractivity contribution in [1.82, 2.24) is 9.80 Å². The second-order valence-corrected chi connectivity index (χ2v) is 8.67. The molecule has 2 saturated heterocycles. The highest BCUT2D eigenvalue weighted by molar-refractivity contribution is 8.26. The van der Waals surface area contributed by atoms with E-state index < -0.39 is 0 Å². The Morgan fingerprint density at radius 1 is 1.14 bits per heavy atom. The molecule has 3 heterocycles. The zero-order valence-corrected chi connectivity index (χ0v) is 17.2. The Hall–Kier alpha value is -2.06. The number of fused-ring (bicyclic) bond motifs is 1. The van der Waals surface area contributed by atoms with E-state index in [1.807, 2.05) is 23.1 Å². The van der Waals surface area contributed by atoms with Gasteiger partial charge in [-0.05, 0) is 36.6 Å². The van der Waals surface area contributed by atoms with Gasteiger partial charge in [-0.2, -0.15) is 0 Å². The molecule has 1 aromatic rings. The Kier molecular flexibility index (Phi) is 5.87. The van der Waals surface area contributed by atoms with Crippen LogP contribution in [0.2, 0.25) is 0 Å². The second-order valence-electron chi connectivity index (χ2n) is 6.99. The maximum atomic E-state index is 12.8. The van der Waals surface area contributed by atoms with Crippen LogP contribution in [0.5, 0.6) is 11.5 Å². The summed E-state index contributed by atoms with van der Waals surface area (Å²) in [5.41, 5.74) is 0.852. The number of likely N-dealkylation sites (tertiary alicyclic amines) is 1. The highest BCUT2D eigenvalue weighted by Crippen LogP contribution is 2.36. The average molecular weight is 419 g/mol. The average Bonchev–Trinajstić information content (AvgIpc) is 3.12. The van der Waals surface area contributed by atoms with Crippen molar-refractivity contribution >= 4 is 46.2 Å². The number of rotatable bonds is 4. The van der Waals surface area contributed by atoms with E-state index in [4.69, 9.17) is 21.7 Å². The molecule has 0 unspecified atom stereocenters. The predicted molar refractivity (Wildman–Crippen MR) is 112 cm³/mol. The van der Waals surface area contributed by atoms with Crippen LogP contribution in [0.15, 0.2) is 23.1 Å². The van der Waals surface area contributed by atoms with Gasteiger partial charge in [-0.3, -0.25) is 14.5 Å². The molecule has 0 atom stereocenters. The number of thiocarbonyl (C=S) groups is 1. The number of carbonyl (C=O) groups excluding carboxylic acids is 2. The van der Waals surface area contributed by atoms with Crippen LogP contribution in [0, 0.1) is 0 Å². The molecule has 0 spiro atoms. The molecule has 2 fully saturated rings. The molecular weight excluding hydrogens is 396 g/mol. The first-order valence-corrected chi connectivity index (χ1v) is 10.8. The van der Waals surface area contributed by atoms with Gasteiger partial charge in [0.15, 0.2) is 11.5 Å². The molecule has 0 N–H and O–H groups in total. The molecule has 0 aliphatic carbocycles. The standard InChI is InChI=1S/C20H22N2O4S2/c23-18(21-8-3-1-2-4-9-21)7-10-22-19(24)17(28-20(22)27)12-14-5-6-15-16(11-14)26-13-25-15/h5-6,11-12H,1-4,7-10,13H2. The van der Waals surface area contributed by atoms with Crippen molar-refractivity contribution in [2.75, 3.05) is 26.4 Å². The van der Waals surface area contributed by atoms with Crippen LogP contribution in [0.25, 0.3) is 6.08 Å². The second kappa shape index (κ2) is 8.53. The summed E-state index contributed by atoms with van der Waals surface area (Å²) in [6, 6.07) is 5.55. The van der Waals surface area contributed by atoms with Crippen LogP contribution in [-0.2, 0) is 9.59 Å². The molecule has 3 aliphatic rings. The number of nitrogens with zero attached hydrogens (tertiary/aromatic N) is 2. The van der Waals surface area contributed by atoms with Gasteiger partial charge in [0.25, 0.3) is 5.91 Å². The number of thioether (sulfide) groups is 1. The first kappa shape index (κ1) is 19.3. The number of carbonyl (C=O) groups is 2. The molecule has 6 nitrogen and oxygen atoms in total. The number of benzene rings is 1. The van der Waals surface area contributed by atoms with Crippen LogP contribution < -0.4 is 9.47 Å². The summed E-state index contributed by atoms with van der Waals surface area (Å²) >= 11 is 6.65. The largest absolute Gasteiger partial charge is 0.454 e. The molecule has 148 valence electrons. The fourth-order valence-electron chi connectivity index (χ4n) is 3.53. The van der Waals surface area contributed by atoms with Crippen molar-refractivity contribution in [3.8, 4) is 11.5 Å². The van der Waals surface area contributed by atoms with E-state index in [1.54, 1.807) is 6.08 Å². The number of ether oxygens (including phenoxy) is 2. The summed E-state index contributed by atoms with van der Waals surface area (Å²) < 4.78 is 11.2. The highest BCUT2D eigenvalue weighted by atomic mass is 32.2. The summed E-state index contributed by atoms with van der Waals surface area (Å²) in [6.45, 7) is 2.19. The van der Waals surface area contributed by atoms with E-state index in [1.165, 1.54) is 29.5 Å². The van der Waals surface area contributed by atoms with Crippen molar-refractivity contribution in [3.63, 3.8) is 0 Å². The fraction of sp³-hybridized carbons (Fsp3) is 0.450. The molecule has 28 heavy (non-hydrogen) atoms. The van der Waals surface area contributed by atoms with Crippen LogP contribution in [0.1, 0.15) is 37.7 Å². The molecule has 8 heteroatoms. The summed E-state index contributed by atoms with van der Waals surface area (Å²) in [5.74, 6) is 1.34. The third kappa shape index (κ3) is 4.17. The predicted octanol–water partition coefficient (Wildman–Crippen LogP) is 3.41. The Morgan fingerprint density at radius 2 is 1.89 bits per heavy atom. The molecule has 0 saturated carbocycles. The molecular formula is C20H22N2O4S2. The van der Waals surface area contributed by atoms with Crippen LogP contribution in [0.4, 0.5) is 0 Å². The maximum Gasteiger partial charge on any atom is 0.266 e. The van der Waals surface area contributed by atoms with Gasteiger partial charge in [0.2, 0.25) is 12.7 Å². The van der Waals surface area contributed by atoms with E-state index in [-0.39, 0.29) is 18.6 Å². The maximum absolute atomic E-state index is 12.8. The van der Waals surface area contributed by atoms with Gasteiger partial charge >= 0.3 is 0 Å². The lowest BCUT2D eigenvalue weighted by Crippen LogP contribution is -2.36. The fourth-order valence-corrected chi connectivity index (χ4v) is 4.84. The van der Waals surface area contributed by atoms with Gasteiger partial charge in [0.05, 0.1) is 4.91 Å². The quantitative estimate of drug-likeness (QED) is 0.552. The molecule has 2 amide bonds. The third-order valence-electron chi connectivity index (χ3n) is 5.08. The zero-order valence-electron chi connectivity index (χ0n) is 15.5. The van der Waals surface area contributed by atoms with E-state index in [9.17, 15) is 9.59 Å². The van der Waals surface area contributed by atoms with Crippen molar-refractivity contribution in [2.24, 2.45) is 0 Å². The van der Waals surface area contributed by atoms with Gasteiger partial charge < -0.3 is 14.4 Å². The van der Waals surface area contributed by atoms with Crippen LogP contribution >= 0.6 is 24.0 Å². The molecule has 0 aromatic heterocycles. The van der Waals surface area contributed by atoms with Gasteiger partial charge in [-0.15, -0.1) is 0 Å². The van der Waals surface area contributed by atoms with Crippen LogP contribution in [-0.4, -0.2) is 52.4 Å². The zero-order chi connectivity index (χ0) is 19.5. The van der Waals surface area contributed by atoms with Gasteiger partial charge in [-0.1, -0.05) is 42.9 Å². The number of hydrogen-bond donors (Lipinski definition) is 0. The summed E-state index contributed by atoms with van der Waals surface area (Å²) in [7, 11) is 0. The van der Waals surface area contributed by atoms with Crippen LogP contribution in [0.3, 0.4) is 0 Å². The van der Waals surface area contributed by atoms with Crippen molar-refractivity contribution < 1.29 is 19.1 Å². The van der Waals surface area contributed by atoms with E-state index in [2.05, 4.69) is 0 Å². The van der Waals surface area contributed by atoms with Crippen molar-refractivity contribution in [1.29, 1.82) is 0 Å². The third-order valence-corrected chi connectivity index (χ3v) is 6.45. The minimum atomic E-state index is -0.142. The van der Waals surface area contributed by atoms with Crippen molar-refractivity contribution in [3.05, 3.63) is 28.7 Å². The lowest BCUT2D eigenvalue weighted by Gasteiger charge is -2.22. The lowest BCUT2D eigenvalue weighted by molar-refractivity contribution is -0.131.